The highest BCUT2D eigenvalue weighted by Crippen LogP contribution is 2.28. The second-order valence-electron chi connectivity index (χ2n) is 4.54. The molecule has 0 spiro atoms. The normalized spacial score (nSPS) is 10.6. The van der Waals surface area contributed by atoms with Crippen molar-refractivity contribution in [2.45, 2.75) is 26.8 Å². The van der Waals surface area contributed by atoms with Gasteiger partial charge in [0.15, 0.2) is 0 Å². The number of benzene rings is 1. The van der Waals surface area contributed by atoms with E-state index < -0.39 is 4.92 Å². The Bertz CT molecular complexity index is 435. The molecule has 0 aromatic heterocycles. The Morgan fingerprint density at radius 3 is 2.58 bits per heavy atom. The first kappa shape index (κ1) is 15.2. The van der Waals surface area contributed by atoms with Crippen LogP contribution in [0.2, 0.25) is 0 Å². The highest BCUT2D eigenvalue weighted by atomic mass is 16.6. The van der Waals surface area contributed by atoms with Gasteiger partial charge in [-0.15, -0.1) is 0 Å². The van der Waals surface area contributed by atoms with Crippen LogP contribution >= 0.6 is 0 Å². The third-order valence-corrected chi connectivity index (χ3v) is 2.79. The van der Waals surface area contributed by atoms with Crippen molar-refractivity contribution in [1.29, 1.82) is 0 Å². The summed E-state index contributed by atoms with van der Waals surface area (Å²) in [6.45, 7) is 7.07. The molecule has 0 aliphatic rings. The lowest BCUT2D eigenvalue weighted by Gasteiger charge is -2.28. The number of nitrogens with one attached hydrogen (secondary N) is 1. The Hall–Kier alpha value is -1.82. The van der Waals surface area contributed by atoms with E-state index in [9.17, 15) is 10.1 Å². The summed E-state index contributed by atoms with van der Waals surface area (Å²) in [7, 11) is 0. The number of hydrogen-bond donors (Lipinski definition) is 2. The number of non-ortho nitro benzene ring substituents is 1. The summed E-state index contributed by atoms with van der Waals surface area (Å²) in [5.74, 6) is 0. The average molecular weight is 267 g/mol. The summed E-state index contributed by atoms with van der Waals surface area (Å²) < 4.78 is 0. The molecule has 0 aliphatic heterocycles. The first-order chi connectivity index (χ1) is 8.99. The van der Waals surface area contributed by atoms with Gasteiger partial charge in [-0.1, -0.05) is 0 Å². The van der Waals surface area contributed by atoms with Gasteiger partial charge in [0.1, 0.15) is 0 Å². The van der Waals surface area contributed by atoms with Crippen LogP contribution in [-0.2, 0) is 0 Å². The third kappa shape index (κ3) is 4.10. The lowest BCUT2D eigenvalue weighted by atomic mass is 10.2. The molecule has 0 atom stereocenters. The van der Waals surface area contributed by atoms with Gasteiger partial charge in [0.05, 0.1) is 11.5 Å². The van der Waals surface area contributed by atoms with Crippen LogP contribution in [0.25, 0.3) is 0 Å². The summed E-state index contributed by atoms with van der Waals surface area (Å²) >= 11 is 0. The zero-order valence-corrected chi connectivity index (χ0v) is 11.6. The molecule has 0 saturated carbocycles. The summed E-state index contributed by atoms with van der Waals surface area (Å²) in [6.07, 6.45) is 0. The molecule has 0 heterocycles. The maximum Gasteiger partial charge on any atom is 0.273 e. The smallest absolute Gasteiger partial charge is 0.273 e. The molecule has 6 heteroatoms. The van der Waals surface area contributed by atoms with Crippen LogP contribution in [0.4, 0.5) is 17.1 Å². The minimum absolute atomic E-state index is 0.0113. The number of nitro benzene ring substituents is 1. The van der Waals surface area contributed by atoms with Crippen molar-refractivity contribution in [2.24, 2.45) is 0 Å². The van der Waals surface area contributed by atoms with E-state index in [0.717, 1.165) is 11.4 Å². The molecule has 1 aromatic rings. The van der Waals surface area contributed by atoms with Gasteiger partial charge in [-0.2, -0.15) is 0 Å². The molecule has 1 rings (SSSR count). The number of nitrogens with zero attached hydrogens (tertiary/aromatic N) is 2. The molecule has 6 nitrogen and oxygen atoms in total. The van der Waals surface area contributed by atoms with Gasteiger partial charge in [-0.3, -0.25) is 10.1 Å². The molecule has 0 fully saturated rings. The van der Waals surface area contributed by atoms with E-state index >= 15 is 0 Å². The van der Waals surface area contributed by atoms with E-state index in [1.165, 1.54) is 12.1 Å². The van der Waals surface area contributed by atoms with Crippen LogP contribution < -0.4 is 10.2 Å². The summed E-state index contributed by atoms with van der Waals surface area (Å²) in [5.41, 5.74) is 1.52. The fourth-order valence-corrected chi connectivity index (χ4v) is 1.97. The van der Waals surface area contributed by atoms with Crippen molar-refractivity contribution in [2.75, 3.05) is 29.9 Å². The molecular weight excluding hydrogens is 246 g/mol. The van der Waals surface area contributed by atoms with Gasteiger partial charge < -0.3 is 15.3 Å². The average Bonchev–Trinajstić information content (AvgIpc) is 2.35. The van der Waals surface area contributed by atoms with E-state index in [4.69, 9.17) is 5.11 Å². The fraction of sp³-hybridized carbons (Fsp3) is 0.538. The number of nitro groups is 1. The molecular formula is C13H21N3O3. The molecule has 19 heavy (non-hydrogen) atoms. The number of hydrogen-bond acceptors (Lipinski definition) is 5. The van der Waals surface area contributed by atoms with Crippen molar-refractivity contribution in [3.8, 4) is 0 Å². The lowest BCUT2D eigenvalue weighted by Crippen LogP contribution is -2.33. The highest BCUT2D eigenvalue weighted by Gasteiger charge is 2.16. The van der Waals surface area contributed by atoms with Crippen molar-refractivity contribution in [3.63, 3.8) is 0 Å². The van der Waals surface area contributed by atoms with Gasteiger partial charge in [-0.25, -0.2) is 0 Å². The Kier molecular flexibility index (Phi) is 5.57. The zero-order valence-electron chi connectivity index (χ0n) is 11.6. The summed E-state index contributed by atoms with van der Waals surface area (Å²) in [5, 5.41) is 23.2. The Balaban J connectivity index is 3.19. The third-order valence-electron chi connectivity index (χ3n) is 2.79. The minimum atomic E-state index is -0.401. The quantitative estimate of drug-likeness (QED) is 0.585. The monoisotopic (exact) mass is 267 g/mol. The molecule has 1 aromatic carbocycles. The van der Waals surface area contributed by atoms with Crippen molar-refractivity contribution in [1.82, 2.24) is 0 Å². The number of rotatable bonds is 7. The highest BCUT2D eigenvalue weighted by molar-refractivity contribution is 5.64. The molecule has 106 valence electrons. The number of aliphatic hydroxyl groups is 1. The van der Waals surface area contributed by atoms with Gasteiger partial charge in [-0.05, 0) is 26.8 Å². The standard InChI is InChI=1S/C13H21N3O3/c1-4-14-11-7-12(9-13(8-11)16(18)19)15(5-6-17)10(2)3/h7-10,14,17H,4-6H2,1-3H3. The van der Waals surface area contributed by atoms with Crippen molar-refractivity contribution < 1.29 is 10.0 Å². The van der Waals surface area contributed by atoms with E-state index in [-0.39, 0.29) is 18.3 Å². The Labute approximate surface area is 113 Å². The van der Waals surface area contributed by atoms with Crippen LogP contribution in [0.3, 0.4) is 0 Å². The molecule has 0 radical (unpaired) electrons. The van der Waals surface area contributed by atoms with Crippen molar-refractivity contribution >= 4 is 17.1 Å². The van der Waals surface area contributed by atoms with E-state index in [0.29, 0.717) is 13.1 Å². The van der Waals surface area contributed by atoms with Crippen LogP contribution in [0.15, 0.2) is 18.2 Å². The van der Waals surface area contributed by atoms with E-state index in [1.807, 2.05) is 31.7 Å². The van der Waals surface area contributed by atoms with Gasteiger partial charge >= 0.3 is 0 Å². The number of aliphatic hydroxyl groups excluding tert-OH is 1. The summed E-state index contributed by atoms with van der Waals surface area (Å²) in [4.78, 5) is 12.5. The Morgan fingerprint density at radius 1 is 1.42 bits per heavy atom. The van der Waals surface area contributed by atoms with Crippen LogP contribution in [0, 0.1) is 10.1 Å². The van der Waals surface area contributed by atoms with E-state index in [1.54, 1.807) is 0 Å². The second kappa shape index (κ2) is 6.94. The van der Waals surface area contributed by atoms with Gasteiger partial charge in [0.2, 0.25) is 0 Å². The number of anilines is 2. The SMILES string of the molecule is CCNc1cc(N(CCO)C(C)C)cc([N+](=O)[O-])c1. The van der Waals surface area contributed by atoms with Crippen LogP contribution in [-0.4, -0.2) is 35.8 Å². The molecule has 0 unspecified atom stereocenters. The first-order valence-corrected chi connectivity index (χ1v) is 6.40. The topological polar surface area (TPSA) is 78.6 Å². The van der Waals surface area contributed by atoms with Crippen LogP contribution in [0.1, 0.15) is 20.8 Å². The fourth-order valence-electron chi connectivity index (χ4n) is 1.97. The molecule has 0 amide bonds. The predicted octanol–water partition coefficient (Wildman–Crippen LogP) is 2.23. The molecule has 0 saturated heterocycles. The zero-order chi connectivity index (χ0) is 14.4. The maximum absolute atomic E-state index is 11.0. The summed E-state index contributed by atoms with van der Waals surface area (Å²) in [6, 6.07) is 5.08. The lowest BCUT2D eigenvalue weighted by molar-refractivity contribution is -0.384. The van der Waals surface area contributed by atoms with Gasteiger partial charge in [0.25, 0.3) is 5.69 Å². The predicted molar refractivity (Wildman–Crippen MR) is 76.8 cm³/mol. The van der Waals surface area contributed by atoms with Crippen LogP contribution in [0.5, 0.6) is 0 Å². The second-order valence-corrected chi connectivity index (χ2v) is 4.54. The molecule has 0 bridgehead atoms. The first-order valence-electron chi connectivity index (χ1n) is 6.40. The molecule has 2 N–H and O–H groups in total. The largest absolute Gasteiger partial charge is 0.395 e. The molecule has 0 aliphatic carbocycles. The van der Waals surface area contributed by atoms with Gasteiger partial charge in [0, 0.05) is 42.6 Å². The Morgan fingerprint density at radius 2 is 2.11 bits per heavy atom. The van der Waals surface area contributed by atoms with E-state index in [2.05, 4.69) is 5.32 Å². The van der Waals surface area contributed by atoms with Crippen molar-refractivity contribution in [3.05, 3.63) is 28.3 Å². The maximum atomic E-state index is 11.0. The minimum Gasteiger partial charge on any atom is -0.395 e.